The van der Waals surface area contributed by atoms with Gasteiger partial charge < -0.3 is 9.13 Å². The first kappa shape index (κ1) is 52.6. The monoisotopic (exact) mass is 1090 g/mol. The Labute approximate surface area is 496 Å². The number of rotatable bonds is 11. The Bertz CT molecular complexity index is 4570. The van der Waals surface area contributed by atoms with E-state index in [0.29, 0.717) is 22.3 Å². The van der Waals surface area contributed by atoms with Crippen LogP contribution in [-0.4, -0.2) is 20.7 Å². The Hall–Kier alpha value is -10.4. The minimum absolute atomic E-state index is 0.168. The Morgan fingerprint density at radius 2 is 0.576 bits per heavy atom. The van der Waals surface area contributed by atoms with E-state index in [9.17, 15) is 0 Å². The zero-order valence-corrected chi connectivity index (χ0v) is 48.9. The van der Waals surface area contributed by atoms with Gasteiger partial charge >= 0.3 is 0 Å². The van der Waals surface area contributed by atoms with Crippen molar-refractivity contribution in [2.45, 2.75) is 48.5 Å². The molecule has 14 aromatic rings. The lowest BCUT2D eigenvalue weighted by molar-refractivity contribution is 0.103. The highest BCUT2D eigenvalue weighted by molar-refractivity contribution is 6.16. The molecule has 0 aliphatic heterocycles. The molecular weight excluding hydrogens is 1030 g/mol. The summed E-state index contributed by atoms with van der Waals surface area (Å²) >= 11 is 0. The third kappa shape index (κ3) is 9.28. The van der Waals surface area contributed by atoms with Gasteiger partial charge in [-0.2, -0.15) is 0 Å². The molecule has 0 amide bonds. The number of nitrogens with zero attached hydrogens (tertiary/aromatic N) is 2. The second-order valence-electron chi connectivity index (χ2n) is 23.2. The lowest BCUT2D eigenvalue weighted by atomic mass is 9.88. The molecule has 85 heavy (non-hydrogen) atoms. The molecule has 12 aromatic carbocycles. The van der Waals surface area contributed by atoms with Crippen LogP contribution in [0.3, 0.4) is 0 Å². The Morgan fingerprint density at radius 3 is 0.894 bits per heavy atom. The average Bonchev–Trinajstić information content (AvgIpc) is 2.04. The molecule has 0 radical (unpaired) electrons. The van der Waals surface area contributed by atoms with Crippen LogP contribution in [0.1, 0.15) is 70.8 Å². The highest BCUT2D eigenvalue weighted by Gasteiger charge is 2.23. The van der Waals surface area contributed by atoms with E-state index in [4.69, 9.17) is 0 Å². The summed E-state index contributed by atoms with van der Waals surface area (Å²) in [7, 11) is 0. The normalized spacial score (nSPS) is 11.6. The predicted molar refractivity (Wildman–Crippen MR) is 355 cm³/mol. The number of aryl methyl sites for hydroxylation is 7. The summed E-state index contributed by atoms with van der Waals surface area (Å²) in [6, 6.07) is 87.1. The van der Waals surface area contributed by atoms with Gasteiger partial charge in [0.25, 0.3) is 0 Å². The van der Waals surface area contributed by atoms with Gasteiger partial charge in [0.15, 0.2) is 11.6 Å². The summed E-state index contributed by atoms with van der Waals surface area (Å²) in [5.74, 6) is -0.336. The fourth-order valence-electron chi connectivity index (χ4n) is 13.4. The largest absolute Gasteiger partial charge is 0.309 e. The second kappa shape index (κ2) is 21.1. The van der Waals surface area contributed by atoms with Crippen LogP contribution in [0.15, 0.2) is 249 Å². The van der Waals surface area contributed by atoms with E-state index in [-0.39, 0.29) is 11.6 Å². The first-order chi connectivity index (χ1) is 41.3. The summed E-state index contributed by atoms with van der Waals surface area (Å²) in [6.45, 7) is 15.0. The van der Waals surface area contributed by atoms with Crippen molar-refractivity contribution < 1.29 is 9.59 Å². The average molecular weight is 1100 g/mol. The number of hydrogen-bond donors (Lipinski definition) is 0. The van der Waals surface area contributed by atoms with Crippen LogP contribution in [-0.2, 0) is 0 Å². The molecule has 0 aliphatic rings. The van der Waals surface area contributed by atoms with Gasteiger partial charge in [-0.15, -0.1) is 0 Å². The van der Waals surface area contributed by atoms with Crippen molar-refractivity contribution in [2.24, 2.45) is 0 Å². The molecule has 0 saturated heterocycles. The van der Waals surface area contributed by atoms with Crippen molar-refractivity contribution in [3.63, 3.8) is 0 Å². The number of ketones is 2. The molecule has 0 aliphatic carbocycles. The number of fused-ring (bicyclic) bond motifs is 6. The number of aromatic nitrogens is 2. The van der Waals surface area contributed by atoms with Crippen LogP contribution >= 0.6 is 0 Å². The first-order valence-electron chi connectivity index (χ1n) is 29.3. The highest BCUT2D eigenvalue weighted by atomic mass is 16.1. The summed E-state index contributed by atoms with van der Waals surface area (Å²) in [5.41, 5.74) is 27.2. The van der Waals surface area contributed by atoms with Crippen LogP contribution < -0.4 is 0 Å². The molecule has 2 aromatic heterocycles. The molecule has 4 heteroatoms. The first-order valence-corrected chi connectivity index (χ1v) is 29.3. The van der Waals surface area contributed by atoms with E-state index < -0.39 is 0 Å². The fraction of sp³-hybridized carbons (Fsp3) is 0.0864. The quantitative estimate of drug-likeness (QED) is 0.121. The lowest BCUT2D eigenvalue weighted by Crippen LogP contribution is -2.08. The minimum atomic E-state index is -0.168. The van der Waals surface area contributed by atoms with E-state index in [1.54, 1.807) is 6.07 Å². The zero-order valence-electron chi connectivity index (χ0n) is 48.9. The third-order valence-electron chi connectivity index (χ3n) is 17.5. The SMILES string of the molecule is Cc1cc(C)c(-c2cc(C(=O)c3cccc(-n4c5ccc(-c6ccccc6C)cc5c5cc(-c6ccccc6C)ccc54)c3)cc(C(=O)c3cccc(-n4c5ccc(-c6ccccc6C)cc5c5cc(-c6ccccc6C)ccc54)c3)c2)c(C)c1. The van der Waals surface area contributed by atoms with Gasteiger partial charge in [0.05, 0.1) is 22.1 Å². The van der Waals surface area contributed by atoms with E-state index in [2.05, 4.69) is 252 Å². The number of carbonyl (C=O) groups is 2. The van der Waals surface area contributed by atoms with Crippen molar-refractivity contribution in [1.29, 1.82) is 0 Å². The Kier molecular flexibility index (Phi) is 13.1. The molecule has 0 atom stereocenters. The maximum atomic E-state index is 15.5. The van der Waals surface area contributed by atoms with Gasteiger partial charge in [-0.25, -0.2) is 0 Å². The maximum Gasteiger partial charge on any atom is 0.193 e. The van der Waals surface area contributed by atoms with Crippen molar-refractivity contribution in [2.75, 3.05) is 0 Å². The highest BCUT2D eigenvalue weighted by Crippen LogP contribution is 2.42. The minimum Gasteiger partial charge on any atom is -0.309 e. The van der Waals surface area contributed by atoms with E-state index in [1.165, 1.54) is 44.5 Å². The number of carbonyl (C=O) groups excluding carboxylic acids is 2. The molecule has 0 saturated carbocycles. The standard InChI is InChI=1S/C81H62N2O2/c1-49-38-54(6)79(55(7)39-49)62-40-63(80(84)60-22-16-24-65(43-60)82-75-34-30-56(67-26-12-8-18-50(67)2)45-71(75)72-46-57(31-35-76(72)82)68-27-13-9-19-51(68)3)42-64(41-62)81(85)61-23-17-25-66(44-61)83-77-36-32-58(69-28-14-10-20-52(69)4)47-73(77)74-48-59(33-37-78(74)83)70-29-15-11-21-53(70)5/h8-48H,1-7H3. The van der Waals surface area contributed by atoms with Gasteiger partial charge in [-0.05, 0) is 228 Å². The molecule has 0 spiro atoms. The lowest BCUT2D eigenvalue weighted by Gasteiger charge is -2.16. The van der Waals surface area contributed by atoms with E-state index in [0.717, 1.165) is 105 Å². The summed E-state index contributed by atoms with van der Waals surface area (Å²) < 4.78 is 4.57. The number of benzene rings is 12. The van der Waals surface area contributed by atoms with Crippen molar-refractivity contribution >= 4 is 55.2 Å². The van der Waals surface area contributed by atoms with Crippen LogP contribution in [0.5, 0.6) is 0 Å². The Morgan fingerprint density at radius 1 is 0.259 bits per heavy atom. The smallest absolute Gasteiger partial charge is 0.193 e. The fourth-order valence-corrected chi connectivity index (χ4v) is 13.4. The molecule has 0 unspecified atom stereocenters. The van der Waals surface area contributed by atoms with Crippen molar-refractivity contribution in [3.8, 4) is 67.0 Å². The van der Waals surface area contributed by atoms with Crippen molar-refractivity contribution in [1.82, 2.24) is 9.13 Å². The van der Waals surface area contributed by atoms with Crippen LogP contribution in [0, 0.1) is 48.5 Å². The third-order valence-corrected chi connectivity index (χ3v) is 17.5. The summed E-state index contributed by atoms with van der Waals surface area (Å²) in [5, 5.41) is 4.52. The zero-order chi connectivity index (χ0) is 58.2. The van der Waals surface area contributed by atoms with Gasteiger partial charge in [0.2, 0.25) is 0 Å². The maximum absolute atomic E-state index is 15.5. The molecule has 0 N–H and O–H groups in total. The van der Waals surface area contributed by atoms with E-state index >= 15 is 9.59 Å². The van der Waals surface area contributed by atoms with Gasteiger partial charge in [-0.3, -0.25) is 9.59 Å². The molecule has 2 heterocycles. The Balaban J connectivity index is 0.888. The molecular formula is C81H62N2O2. The second-order valence-corrected chi connectivity index (χ2v) is 23.2. The van der Waals surface area contributed by atoms with Crippen LogP contribution in [0.25, 0.3) is 111 Å². The van der Waals surface area contributed by atoms with E-state index in [1.807, 2.05) is 48.5 Å². The number of hydrogen-bond acceptors (Lipinski definition) is 2. The molecule has 0 bridgehead atoms. The molecule has 4 nitrogen and oxygen atoms in total. The van der Waals surface area contributed by atoms with Crippen LogP contribution in [0.2, 0.25) is 0 Å². The predicted octanol–water partition coefficient (Wildman–Crippen LogP) is 20.8. The van der Waals surface area contributed by atoms with Gasteiger partial charge in [0, 0.05) is 55.2 Å². The van der Waals surface area contributed by atoms with Gasteiger partial charge in [-0.1, -0.05) is 163 Å². The molecule has 14 rings (SSSR count). The topological polar surface area (TPSA) is 44.0 Å². The molecule has 408 valence electrons. The van der Waals surface area contributed by atoms with Gasteiger partial charge in [0.1, 0.15) is 0 Å². The van der Waals surface area contributed by atoms with Crippen LogP contribution in [0.4, 0.5) is 0 Å². The van der Waals surface area contributed by atoms with Crippen molar-refractivity contribution in [3.05, 3.63) is 310 Å². The molecule has 0 fully saturated rings. The summed E-state index contributed by atoms with van der Waals surface area (Å²) in [4.78, 5) is 31.0. The summed E-state index contributed by atoms with van der Waals surface area (Å²) in [6.07, 6.45) is 0.